The minimum absolute atomic E-state index is 0.277. The van der Waals surface area contributed by atoms with Gasteiger partial charge in [-0.15, -0.1) is 11.3 Å². The maximum absolute atomic E-state index is 11.0. The van der Waals surface area contributed by atoms with E-state index in [0.717, 1.165) is 10.6 Å². The number of aryl methyl sites for hydroxylation is 1. The second-order valence-corrected chi connectivity index (χ2v) is 4.15. The lowest BCUT2D eigenvalue weighted by molar-refractivity contribution is 0.0702. The highest BCUT2D eigenvalue weighted by Gasteiger charge is 2.16. The Hall–Kier alpha value is -1.75. The van der Waals surface area contributed by atoms with Crippen LogP contribution in [0.1, 0.15) is 14.7 Å². The van der Waals surface area contributed by atoms with Crippen LogP contribution < -0.4 is 0 Å². The molecule has 4 nitrogen and oxygen atoms in total. The number of hydrogen-bond donors (Lipinski definition) is 1. The Morgan fingerprint density at radius 1 is 1.40 bits per heavy atom. The summed E-state index contributed by atoms with van der Waals surface area (Å²) in [6, 6.07) is 3.50. The number of carbonyl (C=O) groups is 1. The standard InChI is InChI=1S/C10H8N2O2S/c1-6-12-8(9(15-6)10(13)14)7-2-4-11-5-3-7/h2-5H,1H3,(H,13,14). The van der Waals surface area contributed by atoms with Gasteiger partial charge in [0.25, 0.3) is 0 Å². The quantitative estimate of drug-likeness (QED) is 0.842. The first-order valence-electron chi connectivity index (χ1n) is 4.29. The lowest BCUT2D eigenvalue weighted by atomic mass is 10.2. The Labute approximate surface area is 90.3 Å². The average Bonchev–Trinajstić information content (AvgIpc) is 2.62. The summed E-state index contributed by atoms with van der Waals surface area (Å²) in [5.41, 5.74) is 1.30. The highest BCUT2D eigenvalue weighted by molar-refractivity contribution is 7.14. The Bertz CT molecular complexity index is 493. The van der Waals surface area contributed by atoms with Gasteiger partial charge in [0.2, 0.25) is 0 Å². The van der Waals surface area contributed by atoms with Crippen molar-refractivity contribution in [3.63, 3.8) is 0 Å². The van der Waals surface area contributed by atoms with E-state index in [0.29, 0.717) is 5.69 Å². The smallest absolute Gasteiger partial charge is 0.348 e. The van der Waals surface area contributed by atoms with Crippen LogP contribution in [0.4, 0.5) is 0 Å². The molecule has 0 aromatic carbocycles. The van der Waals surface area contributed by atoms with Gasteiger partial charge < -0.3 is 5.11 Å². The van der Waals surface area contributed by atoms with Crippen LogP contribution in [0.3, 0.4) is 0 Å². The third kappa shape index (κ3) is 1.87. The molecule has 0 aliphatic carbocycles. The van der Waals surface area contributed by atoms with Gasteiger partial charge >= 0.3 is 5.97 Å². The fraction of sp³-hybridized carbons (Fsp3) is 0.100. The van der Waals surface area contributed by atoms with Crippen LogP contribution >= 0.6 is 11.3 Å². The van der Waals surface area contributed by atoms with E-state index in [4.69, 9.17) is 5.11 Å². The molecule has 0 unspecified atom stereocenters. The first kappa shape index (κ1) is 9.79. The number of aromatic nitrogens is 2. The maximum Gasteiger partial charge on any atom is 0.348 e. The Morgan fingerprint density at radius 3 is 2.67 bits per heavy atom. The van der Waals surface area contributed by atoms with Gasteiger partial charge in [0, 0.05) is 18.0 Å². The number of thiazole rings is 1. The van der Waals surface area contributed by atoms with E-state index in [9.17, 15) is 4.79 Å². The van der Waals surface area contributed by atoms with E-state index in [2.05, 4.69) is 9.97 Å². The molecule has 2 aromatic heterocycles. The van der Waals surface area contributed by atoms with Crippen molar-refractivity contribution in [1.29, 1.82) is 0 Å². The minimum atomic E-state index is -0.938. The second kappa shape index (κ2) is 3.78. The molecule has 0 saturated heterocycles. The Balaban J connectivity index is 2.58. The fourth-order valence-electron chi connectivity index (χ4n) is 1.28. The maximum atomic E-state index is 11.0. The molecular formula is C10H8N2O2S. The molecule has 0 amide bonds. The van der Waals surface area contributed by atoms with E-state index in [1.807, 2.05) is 0 Å². The van der Waals surface area contributed by atoms with Crippen LogP contribution in [0.15, 0.2) is 24.5 Å². The molecule has 0 bridgehead atoms. The number of carboxylic acids is 1. The van der Waals surface area contributed by atoms with Crippen molar-refractivity contribution in [3.8, 4) is 11.3 Å². The molecule has 2 aromatic rings. The number of carboxylic acid groups (broad SMARTS) is 1. The van der Waals surface area contributed by atoms with E-state index >= 15 is 0 Å². The summed E-state index contributed by atoms with van der Waals surface area (Å²) >= 11 is 1.19. The zero-order valence-electron chi connectivity index (χ0n) is 7.97. The first-order valence-corrected chi connectivity index (χ1v) is 5.11. The highest BCUT2D eigenvalue weighted by atomic mass is 32.1. The minimum Gasteiger partial charge on any atom is -0.477 e. The highest BCUT2D eigenvalue weighted by Crippen LogP contribution is 2.27. The number of pyridine rings is 1. The molecule has 1 N–H and O–H groups in total. The predicted octanol–water partition coefficient (Wildman–Crippen LogP) is 2.21. The van der Waals surface area contributed by atoms with Crippen LogP contribution in [0.2, 0.25) is 0 Å². The summed E-state index contributed by atoms with van der Waals surface area (Å²) in [6.45, 7) is 1.79. The monoisotopic (exact) mass is 220 g/mol. The van der Waals surface area contributed by atoms with E-state index in [1.54, 1.807) is 31.5 Å². The van der Waals surface area contributed by atoms with Gasteiger partial charge in [-0.2, -0.15) is 0 Å². The van der Waals surface area contributed by atoms with Gasteiger partial charge in [-0.25, -0.2) is 9.78 Å². The molecule has 15 heavy (non-hydrogen) atoms. The van der Waals surface area contributed by atoms with Crippen LogP contribution in [-0.2, 0) is 0 Å². The molecule has 2 heterocycles. The summed E-state index contributed by atoms with van der Waals surface area (Å²) in [4.78, 5) is 19.3. The SMILES string of the molecule is Cc1nc(-c2ccncc2)c(C(=O)O)s1. The van der Waals surface area contributed by atoms with Gasteiger partial charge in [-0.3, -0.25) is 4.98 Å². The van der Waals surface area contributed by atoms with E-state index in [1.165, 1.54) is 11.3 Å². The molecule has 0 spiro atoms. The lowest BCUT2D eigenvalue weighted by Gasteiger charge is -1.96. The van der Waals surface area contributed by atoms with E-state index < -0.39 is 5.97 Å². The number of nitrogens with zero attached hydrogens (tertiary/aromatic N) is 2. The molecule has 5 heteroatoms. The zero-order valence-corrected chi connectivity index (χ0v) is 8.78. The van der Waals surface area contributed by atoms with Crippen molar-refractivity contribution in [2.24, 2.45) is 0 Å². The number of rotatable bonds is 2. The summed E-state index contributed by atoms with van der Waals surface area (Å²) < 4.78 is 0. The molecule has 0 aliphatic heterocycles. The first-order chi connectivity index (χ1) is 7.18. The molecule has 0 fully saturated rings. The Kier molecular flexibility index (Phi) is 2.47. The van der Waals surface area contributed by atoms with Crippen molar-refractivity contribution in [2.45, 2.75) is 6.92 Å². The van der Waals surface area contributed by atoms with Gasteiger partial charge in [0.05, 0.1) is 10.7 Å². The molecule has 2 rings (SSSR count). The van der Waals surface area contributed by atoms with Gasteiger partial charge in [0.1, 0.15) is 4.88 Å². The summed E-state index contributed by atoms with van der Waals surface area (Å²) in [7, 11) is 0. The van der Waals surface area contributed by atoms with Crippen molar-refractivity contribution in [2.75, 3.05) is 0 Å². The van der Waals surface area contributed by atoms with E-state index in [-0.39, 0.29) is 4.88 Å². The summed E-state index contributed by atoms with van der Waals surface area (Å²) in [6.07, 6.45) is 3.24. The van der Waals surface area contributed by atoms with Crippen LogP contribution in [0.25, 0.3) is 11.3 Å². The molecule has 0 aliphatic rings. The third-order valence-corrected chi connectivity index (χ3v) is 2.84. The number of hydrogen-bond acceptors (Lipinski definition) is 4. The third-order valence-electron chi connectivity index (χ3n) is 1.88. The van der Waals surface area contributed by atoms with Gasteiger partial charge in [-0.1, -0.05) is 0 Å². The van der Waals surface area contributed by atoms with Crippen molar-refractivity contribution < 1.29 is 9.90 Å². The molecular weight excluding hydrogens is 212 g/mol. The molecule has 0 atom stereocenters. The molecule has 0 radical (unpaired) electrons. The van der Waals surface area contributed by atoms with Crippen LogP contribution in [-0.4, -0.2) is 21.0 Å². The Morgan fingerprint density at radius 2 is 2.07 bits per heavy atom. The predicted molar refractivity (Wildman–Crippen MR) is 57.0 cm³/mol. The van der Waals surface area contributed by atoms with Gasteiger partial charge in [0.15, 0.2) is 0 Å². The van der Waals surface area contributed by atoms with Crippen molar-refractivity contribution in [3.05, 3.63) is 34.4 Å². The van der Waals surface area contributed by atoms with Crippen molar-refractivity contribution >= 4 is 17.3 Å². The normalized spacial score (nSPS) is 10.2. The zero-order chi connectivity index (χ0) is 10.8. The average molecular weight is 220 g/mol. The molecule has 0 saturated carbocycles. The topological polar surface area (TPSA) is 63.1 Å². The van der Waals surface area contributed by atoms with Crippen LogP contribution in [0.5, 0.6) is 0 Å². The second-order valence-electron chi connectivity index (χ2n) is 2.95. The largest absolute Gasteiger partial charge is 0.477 e. The lowest BCUT2D eigenvalue weighted by Crippen LogP contribution is -1.95. The van der Waals surface area contributed by atoms with Crippen LogP contribution in [0, 0.1) is 6.92 Å². The fourth-order valence-corrected chi connectivity index (χ4v) is 2.06. The molecule has 76 valence electrons. The summed E-state index contributed by atoms with van der Waals surface area (Å²) in [5.74, 6) is -0.938. The number of aromatic carboxylic acids is 1. The van der Waals surface area contributed by atoms with Crippen molar-refractivity contribution in [1.82, 2.24) is 9.97 Å². The summed E-state index contributed by atoms with van der Waals surface area (Å²) in [5, 5.41) is 9.74. The van der Waals surface area contributed by atoms with Gasteiger partial charge in [-0.05, 0) is 19.1 Å².